The minimum absolute atomic E-state index is 0.111. The van der Waals surface area contributed by atoms with Crippen molar-refractivity contribution in [1.82, 2.24) is 5.32 Å². The molecule has 21 heavy (non-hydrogen) atoms. The lowest BCUT2D eigenvalue weighted by Gasteiger charge is -2.24. The van der Waals surface area contributed by atoms with Crippen LogP contribution in [0.5, 0.6) is 0 Å². The van der Waals surface area contributed by atoms with Crippen LogP contribution in [0.3, 0.4) is 0 Å². The van der Waals surface area contributed by atoms with Gasteiger partial charge in [-0.1, -0.05) is 41.9 Å². The lowest BCUT2D eigenvalue weighted by molar-refractivity contribution is 0.0277. The molecule has 0 radical (unpaired) electrons. The molecular formula is C17H17ClFNO. The van der Waals surface area contributed by atoms with Gasteiger partial charge in [-0.15, -0.1) is 0 Å². The third-order valence-corrected chi connectivity index (χ3v) is 3.92. The number of ether oxygens (including phenoxy) is 1. The number of rotatable bonds is 3. The molecule has 0 aromatic heterocycles. The van der Waals surface area contributed by atoms with Gasteiger partial charge in [0.1, 0.15) is 5.82 Å². The van der Waals surface area contributed by atoms with Crippen molar-refractivity contribution in [2.75, 3.05) is 19.7 Å². The molecule has 2 nitrogen and oxygen atoms in total. The first-order valence-electron chi connectivity index (χ1n) is 7.07. The Morgan fingerprint density at radius 1 is 1.19 bits per heavy atom. The summed E-state index contributed by atoms with van der Waals surface area (Å²) in [5.74, 6) is -0.258. The fraction of sp³-hybridized carbons (Fsp3) is 0.294. The first kappa shape index (κ1) is 14.5. The van der Waals surface area contributed by atoms with Crippen LogP contribution in [-0.4, -0.2) is 19.7 Å². The summed E-state index contributed by atoms with van der Waals surface area (Å²) in [6.45, 7) is 2.48. The summed E-state index contributed by atoms with van der Waals surface area (Å²) in [4.78, 5) is 0. The number of nitrogens with one attached hydrogen (secondary N) is 1. The Kier molecular flexibility index (Phi) is 4.54. The monoisotopic (exact) mass is 305 g/mol. The first-order chi connectivity index (χ1) is 10.2. The Balaban J connectivity index is 1.71. The van der Waals surface area contributed by atoms with Gasteiger partial charge in [-0.3, -0.25) is 0 Å². The zero-order valence-corrected chi connectivity index (χ0v) is 12.4. The van der Waals surface area contributed by atoms with E-state index in [4.69, 9.17) is 16.3 Å². The van der Waals surface area contributed by atoms with Crippen molar-refractivity contribution in [1.29, 1.82) is 0 Å². The highest BCUT2D eigenvalue weighted by molar-refractivity contribution is 6.30. The molecule has 0 unspecified atom stereocenters. The zero-order valence-electron chi connectivity index (χ0n) is 11.6. The van der Waals surface area contributed by atoms with E-state index in [2.05, 4.69) is 17.4 Å². The zero-order chi connectivity index (χ0) is 14.7. The van der Waals surface area contributed by atoms with Crippen LogP contribution >= 0.6 is 11.6 Å². The highest BCUT2D eigenvalue weighted by atomic mass is 35.5. The molecule has 2 aromatic rings. The van der Waals surface area contributed by atoms with Crippen LogP contribution in [0.4, 0.5) is 4.39 Å². The average Bonchev–Trinajstić information content (AvgIpc) is 2.52. The maximum Gasteiger partial charge on any atom is 0.128 e. The summed E-state index contributed by atoms with van der Waals surface area (Å²) in [7, 11) is 0. The standard InChI is InChI=1S/C17H17ClFNO/c18-15-6-5-14(16(19)10-15)9-12-1-3-13(4-2-12)17-11-20-7-8-21-17/h1-6,10,17,20H,7-9,11H2/t17-/m1/s1. The maximum atomic E-state index is 13.8. The number of hydrogen-bond donors (Lipinski definition) is 1. The van der Waals surface area contributed by atoms with Gasteiger partial charge in [0.2, 0.25) is 0 Å². The Hall–Kier alpha value is -1.42. The molecule has 1 saturated heterocycles. The van der Waals surface area contributed by atoms with Crippen molar-refractivity contribution >= 4 is 11.6 Å². The van der Waals surface area contributed by atoms with E-state index in [1.54, 1.807) is 12.1 Å². The lowest BCUT2D eigenvalue weighted by Crippen LogP contribution is -2.33. The summed E-state index contributed by atoms with van der Waals surface area (Å²) in [5.41, 5.74) is 2.88. The van der Waals surface area contributed by atoms with E-state index in [-0.39, 0.29) is 11.9 Å². The second kappa shape index (κ2) is 6.56. The molecule has 3 rings (SSSR count). The van der Waals surface area contributed by atoms with Crippen molar-refractivity contribution in [2.24, 2.45) is 0 Å². The topological polar surface area (TPSA) is 21.3 Å². The molecule has 0 spiro atoms. The Labute approximate surface area is 128 Å². The highest BCUT2D eigenvalue weighted by Crippen LogP contribution is 2.21. The van der Waals surface area contributed by atoms with Crippen LogP contribution in [0.25, 0.3) is 0 Å². The number of morpholine rings is 1. The Morgan fingerprint density at radius 2 is 2.00 bits per heavy atom. The molecule has 0 saturated carbocycles. The molecule has 0 bridgehead atoms. The quantitative estimate of drug-likeness (QED) is 0.933. The molecule has 1 atom stereocenters. The molecule has 1 N–H and O–H groups in total. The van der Waals surface area contributed by atoms with Gasteiger partial charge in [0.25, 0.3) is 0 Å². The Bertz CT molecular complexity index is 609. The Morgan fingerprint density at radius 3 is 2.67 bits per heavy atom. The molecule has 1 heterocycles. The molecule has 1 fully saturated rings. The maximum absolute atomic E-state index is 13.8. The van der Waals surface area contributed by atoms with Crippen molar-refractivity contribution < 1.29 is 9.13 Å². The van der Waals surface area contributed by atoms with Crippen molar-refractivity contribution in [3.63, 3.8) is 0 Å². The summed E-state index contributed by atoms with van der Waals surface area (Å²) >= 11 is 5.77. The molecule has 1 aliphatic rings. The van der Waals surface area contributed by atoms with Gasteiger partial charge in [-0.05, 0) is 28.8 Å². The minimum atomic E-state index is -0.258. The SMILES string of the molecule is Fc1cc(Cl)ccc1Cc1ccc([C@H]2CNCCO2)cc1. The van der Waals surface area contributed by atoms with E-state index < -0.39 is 0 Å². The van der Waals surface area contributed by atoms with Gasteiger partial charge in [0.05, 0.1) is 12.7 Å². The van der Waals surface area contributed by atoms with E-state index in [1.807, 2.05) is 12.1 Å². The minimum Gasteiger partial charge on any atom is -0.371 e. The normalized spacial score (nSPS) is 18.7. The van der Waals surface area contributed by atoms with E-state index in [9.17, 15) is 4.39 Å². The van der Waals surface area contributed by atoms with Crippen molar-refractivity contribution in [3.05, 3.63) is 70.0 Å². The van der Waals surface area contributed by atoms with E-state index in [1.165, 1.54) is 6.07 Å². The predicted molar refractivity (Wildman–Crippen MR) is 82.2 cm³/mol. The molecular weight excluding hydrogens is 289 g/mol. The highest BCUT2D eigenvalue weighted by Gasteiger charge is 2.15. The van der Waals surface area contributed by atoms with Gasteiger partial charge in [0, 0.05) is 24.5 Å². The molecule has 1 aliphatic heterocycles. The molecule has 110 valence electrons. The van der Waals surface area contributed by atoms with Gasteiger partial charge >= 0.3 is 0 Å². The molecule has 4 heteroatoms. The van der Waals surface area contributed by atoms with Gasteiger partial charge < -0.3 is 10.1 Å². The van der Waals surface area contributed by atoms with Gasteiger partial charge in [-0.2, -0.15) is 0 Å². The van der Waals surface area contributed by atoms with Gasteiger partial charge in [-0.25, -0.2) is 4.39 Å². The number of hydrogen-bond acceptors (Lipinski definition) is 2. The van der Waals surface area contributed by atoms with Crippen LogP contribution in [0.1, 0.15) is 22.8 Å². The smallest absolute Gasteiger partial charge is 0.128 e. The first-order valence-corrected chi connectivity index (χ1v) is 7.45. The van der Waals surface area contributed by atoms with E-state index in [0.717, 1.165) is 30.8 Å². The number of halogens is 2. The van der Waals surface area contributed by atoms with E-state index in [0.29, 0.717) is 17.0 Å². The van der Waals surface area contributed by atoms with Crippen molar-refractivity contribution in [2.45, 2.75) is 12.5 Å². The fourth-order valence-electron chi connectivity index (χ4n) is 2.51. The lowest BCUT2D eigenvalue weighted by atomic mass is 10.0. The van der Waals surface area contributed by atoms with Crippen molar-refractivity contribution in [3.8, 4) is 0 Å². The molecule has 2 aromatic carbocycles. The second-order valence-corrected chi connectivity index (χ2v) is 5.65. The van der Waals surface area contributed by atoms with Crippen LogP contribution in [-0.2, 0) is 11.2 Å². The van der Waals surface area contributed by atoms with Gasteiger partial charge in [0.15, 0.2) is 0 Å². The van der Waals surface area contributed by atoms with Crippen LogP contribution in [0, 0.1) is 5.82 Å². The fourth-order valence-corrected chi connectivity index (χ4v) is 2.67. The van der Waals surface area contributed by atoms with Crippen LogP contribution in [0.2, 0.25) is 5.02 Å². The third-order valence-electron chi connectivity index (χ3n) is 3.69. The molecule has 0 amide bonds. The van der Waals surface area contributed by atoms with Crippen LogP contribution < -0.4 is 5.32 Å². The largest absolute Gasteiger partial charge is 0.371 e. The molecule has 0 aliphatic carbocycles. The summed E-state index contributed by atoms with van der Waals surface area (Å²) in [6.07, 6.45) is 0.674. The summed E-state index contributed by atoms with van der Waals surface area (Å²) < 4.78 is 19.5. The summed E-state index contributed by atoms with van der Waals surface area (Å²) in [6, 6.07) is 13.0. The third kappa shape index (κ3) is 3.62. The summed E-state index contributed by atoms with van der Waals surface area (Å²) in [5, 5.41) is 3.74. The van der Waals surface area contributed by atoms with Crippen LogP contribution in [0.15, 0.2) is 42.5 Å². The van der Waals surface area contributed by atoms with E-state index >= 15 is 0 Å². The second-order valence-electron chi connectivity index (χ2n) is 5.22. The average molecular weight is 306 g/mol. The predicted octanol–water partition coefficient (Wildman–Crippen LogP) is 3.73. The number of benzene rings is 2.